The van der Waals surface area contributed by atoms with E-state index >= 15 is 0 Å². The van der Waals surface area contributed by atoms with Gasteiger partial charge in [-0.2, -0.15) is 9.46 Å². The second-order valence-electron chi connectivity index (χ2n) is 5.91. The lowest BCUT2D eigenvalue weighted by Gasteiger charge is -2.04. The number of sulfonamides is 1. The number of pyridine rings is 2. The van der Waals surface area contributed by atoms with E-state index < -0.39 is 10.0 Å². The van der Waals surface area contributed by atoms with E-state index in [1.807, 2.05) is 0 Å². The van der Waals surface area contributed by atoms with Gasteiger partial charge in [0.05, 0.1) is 4.90 Å². The van der Waals surface area contributed by atoms with Gasteiger partial charge in [0.1, 0.15) is 0 Å². The van der Waals surface area contributed by atoms with Crippen LogP contribution in [0.25, 0.3) is 11.1 Å². The Labute approximate surface area is 176 Å². The molecule has 0 aliphatic rings. The molecular weight excluding hydrogens is 426 g/mol. The van der Waals surface area contributed by atoms with Crippen molar-refractivity contribution in [2.75, 3.05) is 10.5 Å². The number of thiazole rings is 1. The fourth-order valence-corrected chi connectivity index (χ4v) is 4.09. The number of nitrogens with one attached hydrogen (secondary N) is 1. The van der Waals surface area contributed by atoms with E-state index in [-0.39, 0.29) is 4.90 Å². The van der Waals surface area contributed by atoms with Gasteiger partial charge in [0.2, 0.25) is 0 Å². The average molecular weight is 444 g/mol. The zero-order chi connectivity index (χ0) is 21.6. The molecule has 0 bridgehead atoms. The van der Waals surface area contributed by atoms with Crippen molar-refractivity contribution in [1.82, 2.24) is 4.98 Å². The highest BCUT2D eigenvalue weighted by molar-refractivity contribution is 7.93. The first kappa shape index (κ1) is 21.0. The fourth-order valence-electron chi connectivity index (χ4n) is 2.31. The summed E-state index contributed by atoms with van der Waals surface area (Å²) in [6.07, 6.45) is 7.23. The summed E-state index contributed by atoms with van der Waals surface area (Å²) in [6, 6.07) is 12.8. The third kappa shape index (κ3) is 5.65. The maximum absolute atomic E-state index is 11.8. The van der Waals surface area contributed by atoms with Gasteiger partial charge in [0.25, 0.3) is 10.0 Å². The molecule has 3 heterocycles. The van der Waals surface area contributed by atoms with Gasteiger partial charge in [-0.25, -0.2) is 13.4 Å². The van der Waals surface area contributed by atoms with Crippen LogP contribution >= 0.6 is 11.3 Å². The molecule has 4 aromatic rings. The molecule has 4 rings (SSSR count). The Kier molecular flexibility index (Phi) is 6.45. The van der Waals surface area contributed by atoms with Crippen LogP contribution in [0, 0.1) is 10.4 Å². The number of aromatic nitrogens is 3. The third-order valence-corrected chi connectivity index (χ3v) is 5.95. The number of nitrogens with two attached hydrogens (primary N) is 1. The molecule has 9 nitrogen and oxygen atoms in total. The molecule has 154 valence electrons. The molecule has 0 saturated heterocycles. The number of nitrogens with zero attached hydrogens (tertiary/aromatic N) is 3. The summed E-state index contributed by atoms with van der Waals surface area (Å²) in [7, 11) is -3.56. The molecule has 0 radical (unpaired) electrons. The Morgan fingerprint density at radius 2 is 1.37 bits per heavy atom. The standard InChI is InChI=1S/C10H8N2O2.C9H9N3O2S2/c13-11-5-1-9(2-6-11)10-3-7-12(14)8-4-10;10-7-1-3-8(4-2-7)16(13,14)12-9-11-5-6-15-9/h1-8H;1-6H,10H2,(H,11,12). The van der Waals surface area contributed by atoms with Crippen molar-refractivity contribution in [2.24, 2.45) is 0 Å². The van der Waals surface area contributed by atoms with Crippen LogP contribution in [0.3, 0.4) is 0 Å². The van der Waals surface area contributed by atoms with Crippen LogP contribution in [0.15, 0.2) is 89.8 Å². The number of hydrogen-bond acceptors (Lipinski definition) is 7. The van der Waals surface area contributed by atoms with Crippen molar-refractivity contribution < 1.29 is 17.9 Å². The Morgan fingerprint density at radius 1 is 0.867 bits per heavy atom. The zero-order valence-corrected chi connectivity index (χ0v) is 17.1. The summed E-state index contributed by atoms with van der Waals surface area (Å²) in [5.41, 5.74) is 7.83. The highest BCUT2D eigenvalue weighted by atomic mass is 32.2. The van der Waals surface area contributed by atoms with E-state index in [4.69, 9.17) is 5.73 Å². The lowest BCUT2D eigenvalue weighted by molar-refractivity contribution is -0.605. The van der Waals surface area contributed by atoms with Crippen molar-refractivity contribution in [3.8, 4) is 11.1 Å². The highest BCUT2D eigenvalue weighted by Gasteiger charge is 2.14. The molecule has 0 fully saturated rings. The van der Waals surface area contributed by atoms with Gasteiger partial charge in [-0.3, -0.25) is 4.72 Å². The van der Waals surface area contributed by atoms with Crippen LogP contribution in [0.4, 0.5) is 10.8 Å². The van der Waals surface area contributed by atoms with Gasteiger partial charge in [-0.15, -0.1) is 11.3 Å². The maximum Gasteiger partial charge on any atom is 0.263 e. The molecule has 3 aromatic heterocycles. The molecule has 30 heavy (non-hydrogen) atoms. The van der Waals surface area contributed by atoms with Gasteiger partial charge in [0, 0.05) is 41.5 Å². The second kappa shape index (κ2) is 9.20. The largest absolute Gasteiger partial charge is 0.619 e. The van der Waals surface area contributed by atoms with Gasteiger partial charge in [0.15, 0.2) is 29.9 Å². The van der Waals surface area contributed by atoms with E-state index in [0.29, 0.717) is 10.8 Å². The first-order valence-electron chi connectivity index (χ1n) is 8.49. The summed E-state index contributed by atoms with van der Waals surface area (Å²) in [6.45, 7) is 0. The Morgan fingerprint density at radius 3 is 1.80 bits per heavy atom. The molecule has 0 atom stereocenters. The Balaban J connectivity index is 0.000000172. The highest BCUT2D eigenvalue weighted by Crippen LogP contribution is 2.18. The fraction of sp³-hybridized carbons (Fsp3) is 0. The summed E-state index contributed by atoms with van der Waals surface area (Å²) >= 11 is 1.22. The molecular formula is C19H17N5O4S2. The predicted molar refractivity (Wildman–Crippen MR) is 114 cm³/mol. The number of benzene rings is 1. The van der Waals surface area contributed by atoms with E-state index in [2.05, 4.69) is 9.71 Å². The summed E-state index contributed by atoms with van der Waals surface area (Å²) in [5.74, 6) is 0. The van der Waals surface area contributed by atoms with E-state index in [1.165, 1.54) is 66.6 Å². The van der Waals surface area contributed by atoms with E-state index in [9.17, 15) is 18.8 Å². The van der Waals surface area contributed by atoms with Crippen LogP contribution in [0.1, 0.15) is 0 Å². The molecule has 3 N–H and O–H groups in total. The summed E-state index contributed by atoms with van der Waals surface area (Å²) in [5, 5.41) is 23.6. The smallest absolute Gasteiger partial charge is 0.263 e. The number of hydrogen-bond donors (Lipinski definition) is 2. The summed E-state index contributed by atoms with van der Waals surface area (Å²) in [4.78, 5) is 4.01. The molecule has 1 aromatic carbocycles. The van der Waals surface area contributed by atoms with Crippen molar-refractivity contribution >= 4 is 32.2 Å². The Hall–Kier alpha value is -3.70. The monoisotopic (exact) mass is 443 g/mol. The Bertz CT molecular complexity index is 1140. The van der Waals surface area contributed by atoms with Gasteiger partial charge in [-0.05, 0) is 35.4 Å². The average Bonchev–Trinajstić information content (AvgIpc) is 3.22. The predicted octanol–water partition coefficient (Wildman–Crippen LogP) is 2.15. The number of nitrogen functional groups attached to an aromatic ring is 1. The van der Waals surface area contributed by atoms with Crippen molar-refractivity contribution in [3.05, 3.63) is 95.3 Å². The van der Waals surface area contributed by atoms with Crippen molar-refractivity contribution in [2.45, 2.75) is 4.90 Å². The minimum absolute atomic E-state index is 0.164. The molecule has 0 aliphatic heterocycles. The number of rotatable bonds is 4. The van der Waals surface area contributed by atoms with E-state index in [0.717, 1.165) is 20.6 Å². The minimum atomic E-state index is -3.56. The second-order valence-corrected chi connectivity index (χ2v) is 8.48. The lowest BCUT2D eigenvalue weighted by atomic mass is 10.1. The van der Waals surface area contributed by atoms with Gasteiger partial charge >= 0.3 is 0 Å². The normalized spacial score (nSPS) is 10.7. The van der Waals surface area contributed by atoms with Gasteiger partial charge < -0.3 is 16.1 Å². The SMILES string of the molecule is Nc1ccc(S(=O)(=O)Nc2nccs2)cc1.[O-][n+]1ccc(-c2cc[n+]([O-])cc2)cc1. The lowest BCUT2D eigenvalue weighted by Crippen LogP contribution is -2.24. The van der Waals surface area contributed by atoms with Crippen LogP contribution < -0.4 is 19.9 Å². The molecule has 0 unspecified atom stereocenters. The van der Waals surface area contributed by atoms with Crippen molar-refractivity contribution in [3.63, 3.8) is 0 Å². The molecule has 0 aliphatic carbocycles. The van der Waals surface area contributed by atoms with Crippen LogP contribution in [0.2, 0.25) is 0 Å². The zero-order valence-electron chi connectivity index (χ0n) is 15.5. The van der Waals surface area contributed by atoms with Crippen LogP contribution in [-0.2, 0) is 10.0 Å². The first-order valence-corrected chi connectivity index (χ1v) is 10.9. The molecule has 0 amide bonds. The van der Waals surface area contributed by atoms with E-state index in [1.54, 1.807) is 29.6 Å². The van der Waals surface area contributed by atoms with Gasteiger partial charge in [-0.1, -0.05) is 0 Å². The first-order chi connectivity index (χ1) is 14.3. The quantitative estimate of drug-likeness (QED) is 0.281. The molecule has 0 spiro atoms. The minimum Gasteiger partial charge on any atom is -0.619 e. The maximum atomic E-state index is 11.8. The van der Waals surface area contributed by atoms with Crippen LogP contribution in [0.5, 0.6) is 0 Å². The molecule has 11 heteroatoms. The third-order valence-electron chi connectivity index (χ3n) is 3.78. The topological polar surface area (TPSA) is 139 Å². The molecule has 0 saturated carbocycles. The number of anilines is 2. The summed E-state index contributed by atoms with van der Waals surface area (Å²) < 4.78 is 27.5. The van der Waals surface area contributed by atoms with Crippen LogP contribution in [-0.4, -0.2) is 13.4 Å². The van der Waals surface area contributed by atoms with Crippen molar-refractivity contribution in [1.29, 1.82) is 0 Å².